The summed E-state index contributed by atoms with van der Waals surface area (Å²) in [4.78, 5) is 27.0. The Kier molecular flexibility index (Phi) is 4.90. The predicted octanol–water partition coefficient (Wildman–Crippen LogP) is 2.19. The van der Waals surface area contributed by atoms with Gasteiger partial charge in [-0.3, -0.25) is 15.1 Å². The molecule has 0 radical (unpaired) electrons. The topological polar surface area (TPSA) is 71.1 Å². The second-order valence-electron chi connectivity index (χ2n) is 4.16. The minimum absolute atomic E-state index is 0.116. The van der Waals surface area contributed by atoms with Crippen molar-refractivity contribution < 1.29 is 9.59 Å². The summed E-state index contributed by atoms with van der Waals surface area (Å²) >= 11 is 5.42. The van der Waals surface area contributed by atoms with Crippen molar-refractivity contribution in [2.24, 2.45) is 0 Å². The van der Waals surface area contributed by atoms with Gasteiger partial charge in [-0.2, -0.15) is 0 Å². The molecule has 0 spiro atoms. The molecular weight excluding hydrogens is 278 g/mol. The Hall–Kier alpha value is -2.14. The van der Waals surface area contributed by atoms with E-state index in [4.69, 9.17) is 11.6 Å². The molecule has 1 aromatic heterocycles. The zero-order valence-corrected chi connectivity index (χ0v) is 11.5. The Morgan fingerprint density at radius 1 is 1.20 bits per heavy atom. The fraction of sp³-hybridized carbons (Fsp3) is 0.214. The first kappa shape index (κ1) is 14.3. The highest BCUT2D eigenvalue weighted by molar-refractivity contribution is 6.19. The third-order valence-corrected chi connectivity index (χ3v) is 2.92. The lowest BCUT2D eigenvalue weighted by Gasteiger charge is -2.08. The first-order chi connectivity index (χ1) is 9.70. The summed E-state index contributed by atoms with van der Waals surface area (Å²) in [6.07, 6.45) is 1.82. The molecule has 3 amide bonds. The average molecular weight is 292 g/mol. The van der Waals surface area contributed by atoms with Gasteiger partial charge in [0.1, 0.15) is 0 Å². The van der Waals surface area contributed by atoms with Crippen LogP contribution in [-0.2, 0) is 11.3 Å². The molecule has 0 saturated heterocycles. The maximum absolute atomic E-state index is 11.5. The molecular formula is C14H14ClN3O2. The molecule has 0 unspecified atom stereocenters. The number of imide groups is 1. The molecule has 0 saturated carbocycles. The van der Waals surface area contributed by atoms with Crippen molar-refractivity contribution in [3.63, 3.8) is 0 Å². The molecule has 0 aliphatic rings. The van der Waals surface area contributed by atoms with Crippen LogP contribution in [0, 0.1) is 0 Å². The average Bonchev–Trinajstić information content (AvgIpc) is 2.45. The summed E-state index contributed by atoms with van der Waals surface area (Å²) in [6.45, 7) is 0.300. The van der Waals surface area contributed by atoms with Crippen molar-refractivity contribution in [2.75, 3.05) is 5.88 Å². The Morgan fingerprint density at radius 3 is 2.80 bits per heavy atom. The van der Waals surface area contributed by atoms with Gasteiger partial charge in [0.15, 0.2) is 0 Å². The minimum atomic E-state index is -0.534. The van der Waals surface area contributed by atoms with E-state index in [1.807, 2.05) is 30.3 Å². The number of halogens is 1. The van der Waals surface area contributed by atoms with Gasteiger partial charge in [-0.05, 0) is 11.6 Å². The fourth-order valence-corrected chi connectivity index (χ4v) is 1.98. The lowest BCUT2D eigenvalue weighted by Crippen LogP contribution is -2.39. The highest BCUT2D eigenvalue weighted by Crippen LogP contribution is 2.15. The summed E-state index contributed by atoms with van der Waals surface area (Å²) in [5, 5.41) is 5.84. The largest absolute Gasteiger partial charge is 0.334 e. The standard InChI is InChI=1S/C14H14ClN3O2/c15-7-6-12(19)18-14(20)17-9-11-4-1-3-10-5-2-8-16-13(10)11/h1-5,8H,6-7,9H2,(H2,17,18,19,20). The number of alkyl halides is 1. The second-order valence-corrected chi connectivity index (χ2v) is 4.54. The Morgan fingerprint density at radius 2 is 2.00 bits per heavy atom. The van der Waals surface area contributed by atoms with Crippen molar-refractivity contribution in [3.8, 4) is 0 Å². The van der Waals surface area contributed by atoms with Crippen LogP contribution in [0.25, 0.3) is 10.9 Å². The van der Waals surface area contributed by atoms with Gasteiger partial charge in [0.05, 0.1) is 5.52 Å². The quantitative estimate of drug-likeness (QED) is 0.848. The maximum Gasteiger partial charge on any atom is 0.321 e. The van der Waals surface area contributed by atoms with Crippen LogP contribution in [0.2, 0.25) is 0 Å². The number of hydrogen-bond donors (Lipinski definition) is 2. The van der Waals surface area contributed by atoms with Gasteiger partial charge in [0.25, 0.3) is 0 Å². The summed E-state index contributed by atoms with van der Waals surface area (Å²) in [5.74, 6) is -0.208. The Balaban J connectivity index is 1.99. The van der Waals surface area contributed by atoms with E-state index in [1.165, 1.54) is 0 Å². The summed E-state index contributed by atoms with van der Waals surface area (Å²) in [7, 11) is 0. The number of nitrogens with one attached hydrogen (secondary N) is 2. The number of aromatic nitrogens is 1. The minimum Gasteiger partial charge on any atom is -0.334 e. The van der Waals surface area contributed by atoms with Crippen LogP contribution >= 0.6 is 11.6 Å². The Bertz CT molecular complexity index is 625. The number of urea groups is 1. The lowest BCUT2D eigenvalue weighted by atomic mass is 10.1. The molecule has 0 aliphatic carbocycles. The SMILES string of the molecule is O=C(CCCl)NC(=O)NCc1cccc2cccnc12. The van der Waals surface area contributed by atoms with Crippen molar-refractivity contribution in [2.45, 2.75) is 13.0 Å². The van der Waals surface area contributed by atoms with E-state index in [9.17, 15) is 9.59 Å². The van der Waals surface area contributed by atoms with Gasteiger partial charge in [-0.1, -0.05) is 24.3 Å². The summed E-state index contributed by atoms with van der Waals surface area (Å²) in [5.41, 5.74) is 1.73. The monoisotopic (exact) mass is 291 g/mol. The molecule has 2 N–H and O–H groups in total. The number of pyridine rings is 1. The molecule has 20 heavy (non-hydrogen) atoms. The van der Waals surface area contributed by atoms with Gasteiger partial charge < -0.3 is 5.32 Å². The van der Waals surface area contributed by atoms with E-state index < -0.39 is 11.9 Å². The molecule has 5 nitrogen and oxygen atoms in total. The van der Waals surface area contributed by atoms with Crippen LogP contribution in [0.1, 0.15) is 12.0 Å². The van der Waals surface area contributed by atoms with E-state index in [-0.39, 0.29) is 12.3 Å². The number of amides is 3. The van der Waals surface area contributed by atoms with Crippen molar-refractivity contribution in [1.82, 2.24) is 15.6 Å². The molecule has 0 fully saturated rings. The molecule has 1 heterocycles. The number of nitrogens with zero attached hydrogens (tertiary/aromatic N) is 1. The lowest BCUT2D eigenvalue weighted by molar-refractivity contribution is -0.119. The predicted molar refractivity (Wildman–Crippen MR) is 77.5 cm³/mol. The molecule has 0 aliphatic heterocycles. The first-order valence-corrected chi connectivity index (χ1v) is 6.70. The highest BCUT2D eigenvalue weighted by Gasteiger charge is 2.07. The number of hydrogen-bond acceptors (Lipinski definition) is 3. The number of carbonyl (C=O) groups excluding carboxylic acids is 2. The third kappa shape index (κ3) is 3.68. The van der Waals surface area contributed by atoms with Gasteiger partial charge >= 0.3 is 6.03 Å². The number of rotatable bonds is 4. The molecule has 104 valence electrons. The summed E-state index contributed by atoms with van der Waals surface area (Å²) in [6, 6.07) is 9.02. The fourth-order valence-electron chi connectivity index (χ4n) is 1.80. The normalized spacial score (nSPS) is 10.2. The van der Waals surface area contributed by atoms with Crippen LogP contribution in [-0.4, -0.2) is 22.8 Å². The smallest absolute Gasteiger partial charge is 0.321 e. The molecule has 6 heteroatoms. The van der Waals surface area contributed by atoms with Crippen LogP contribution < -0.4 is 10.6 Å². The maximum atomic E-state index is 11.5. The zero-order chi connectivity index (χ0) is 14.4. The van der Waals surface area contributed by atoms with E-state index in [1.54, 1.807) is 6.20 Å². The third-order valence-electron chi connectivity index (χ3n) is 2.73. The van der Waals surface area contributed by atoms with E-state index >= 15 is 0 Å². The van der Waals surface area contributed by atoms with Crippen molar-refractivity contribution in [1.29, 1.82) is 0 Å². The van der Waals surface area contributed by atoms with Crippen LogP contribution in [0.3, 0.4) is 0 Å². The Labute approximate surface area is 121 Å². The van der Waals surface area contributed by atoms with Gasteiger partial charge in [-0.25, -0.2) is 4.79 Å². The molecule has 2 aromatic rings. The van der Waals surface area contributed by atoms with Crippen LogP contribution in [0.4, 0.5) is 4.79 Å². The van der Waals surface area contributed by atoms with Gasteiger partial charge in [-0.15, -0.1) is 11.6 Å². The first-order valence-electron chi connectivity index (χ1n) is 6.17. The summed E-state index contributed by atoms with van der Waals surface area (Å²) < 4.78 is 0. The van der Waals surface area contributed by atoms with Crippen molar-refractivity contribution in [3.05, 3.63) is 42.1 Å². The number of carbonyl (C=O) groups is 2. The molecule has 1 aromatic carbocycles. The highest BCUT2D eigenvalue weighted by atomic mass is 35.5. The number of benzene rings is 1. The number of fused-ring (bicyclic) bond motifs is 1. The zero-order valence-electron chi connectivity index (χ0n) is 10.7. The molecule has 0 atom stereocenters. The van der Waals surface area contributed by atoms with Gasteiger partial charge in [0, 0.05) is 30.4 Å². The molecule has 2 rings (SSSR count). The molecule has 0 bridgehead atoms. The van der Waals surface area contributed by atoms with Crippen LogP contribution in [0.5, 0.6) is 0 Å². The van der Waals surface area contributed by atoms with E-state index in [0.29, 0.717) is 6.54 Å². The van der Waals surface area contributed by atoms with Gasteiger partial charge in [0.2, 0.25) is 5.91 Å². The van der Waals surface area contributed by atoms with Crippen molar-refractivity contribution >= 4 is 34.4 Å². The van der Waals surface area contributed by atoms with E-state index in [0.717, 1.165) is 16.5 Å². The van der Waals surface area contributed by atoms with Crippen LogP contribution in [0.15, 0.2) is 36.5 Å². The number of para-hydroxylation sites is 1. The second kappa shape index (κ2) is 6.86. The van der Waals surface area contributed by atoms with E-state index in [2.05, 4.69) is 15.6 Å².